The largest absolute Gasteiger partial charge is 0.394 e. The normalized spacial score (nSPS) is 12.0. The smallest absolute Gasteiger partial charge is 0.225 e. The van der Waals surface area contributed by atoms with Crippen LogP contribution in [0.1, 0.15) is 13.8 Å². The van der Waals surface area contributed by atoms with E-state index in [1.54, 1.807) is 24.5 Å². The van der Waals surface area contributed by atoms with Gasteiger partial charge in [-0.15, -0.1) is 0 Å². The van der Waals surface area contributed by atoms with Crippen LogP contribution < -0.4 is 16.2 Å². The number of hydrogen-bond donors (Lipinski definition) is 4. The molecule has 0 saturated heterocycles. The highest BCUT2D eigenvalue weighted by atomic mass is 19.2. The summed E-state index contributed by atoms with van der Waals surface area (Å²) in [4.78, 5) is 12.5. The van der Waals surface area contributed by atoms with Crippen LogP contribution >= 0.6 is 0 Å². The van der Waals surface area contributed by atoms with Gasteiger partial charge in [-0.05, 0) is 18.1 Å². The molecule has 0 aliphatic carbocycles. The predicted octanol–water partition coefficient (Wildman–Crippen LogP) is 3.96. The van der Waals surface area contributed by atoms with Crippen molar-refractivity contribution in [3.63, 3.8) is 0 Å². The van der Waals surface area contributed by atoms with Crippen LogP contribution in [0.2, 0.25) is 0 Å². The molecule has 11 heteroatoms. The molecule has 2 heterocycles. The first-order chi connectivity index (χ1) is 14.8. The molecule has 0 aliphatic heterocycles. The van der Waals surface area contributed by atoms with E-state index in [4.69, 9.17) is 0 Å². The summed E-state index contributed by atoms with van der Waals surface area (Å²) in [5, 5.41) is 12.6. The summed E-state index contributed by atoms with van der Waals surface area (Å²) < 4.78 is 54.7. The van der Waals surface area contributed by atoms with Crippen LogP contribution in [0.5, 0.6) is 0 Å². The summed E-state index contributed by atoms with van der Waals surface area (Å²) in [6.07, 6.45) is 3.11. The van der Waals surface area contributed by atoms with Crippen molar-refractivity contribution in [1.82, 2.24) is 15.0 Å². The third-order valence-electron chi connectivity index (χ3n) is 4.45. The lowest BCUT2D eigenvalue weighted by molar-refractivity contribution is 0.248. The third kappa shape index (κ3) is 5.18. The quantitative estimate of drug-likeness (QED) is 0.241. The fraction of sp³-hybridized carbons (Fsp3) is 0.250. The number of aliphatic hydroxyl groups excluding tert-OH is 1. The van der Waals surface area contributed by atoms with Gasteiger partial charge in [0.2, 0.25) is 5.95 Å². The molecule has 1 aromatic carbocycles. The molecule has 0 spiro atoms. The van der Waals surface area contributed by atoms with E-state index in [2.05, 4.69) is 31.1 Å². The molecule has 0 bridgehead atoms. The molecule has 0 unspecified atom stereocenters. The fourth-order valence-corrected chi connectivity index (χ4v) is 2.64. The second-order valence-corrected chi connectivity index (χ2v) is 6.97. The van der Waals surface area contributed by atoms with E-state index in [0.29, 0.717) is 11.3 Å². The van der Waals surface area contributed by atoms with Crippen LogP contribution in [-0.4, -0.2) is 32.7 Å². The maximum absolute atomic E-state index is 13.9. The summed E-state index contributed by atoms with van der Waals surface area (Å²) >= 11 is 0. The van der Waals surface area contributed by atoms with Crippen LogP contribution in [0, 0.1) is 29.2 Å². The number of benzene rings is 1. The summed E-state index contributed by atoms with van der Waals surface area (Å²) in [6, 6.07) is 4.60. The van der Waals surface area contributed by atoms with Crippen molar-refractivity contribution in [3.8, 4) is 11.3 Å². The van der Waals surface area contributed by atoms with Gasteiger partial charge in [0.1, 0.15) is 5.69 Å². The number of pyridine rings is 1. The highest BCUT2D eigenvalue weighted by molar-refractivity contribution is 5.65. The van der Waals surface area contributed by atoms with Crippen molar-refractivity contribution in [2.45, 2.75) is 19.9 Å². The lowest BCUT2D eigenvalue weighted by atomic mass is 10.1. The highest BCUT2D eigenvalue weighted by Gasteiger charge is 2.20. The van der Waals surface area contributed by atoms with Crippen molar-refractivity contribution in [2.75, 3.05) is 22.8 Å². The zero-order valence-electron chi connectivity index (χ0n) is 16.6. The number of hydrazine groups is 1. The van der Waals surface area contributed by atoms with Gasteiger partial charge in [-0.1, -0.05) is 13.8 Å². The molecule has 4 N–H and O–H groups in total. The van der Waals surface area contributed by atoms with Gasteiger partial charge in [0.15, 0.2) is 29.1 Å². The van der Waals surface area contributed by atoms with Crippen LogP contribution in [0.25, 0.3) is 11.3 Å². The monoisotopic (exact) mass is 436 g/mol. The maximum atomic E-state index is 13.9. The Morgan fingerprint density at radius 1 is 0.935 bits per heavy atom. The van der Waals surface area contributed by atoms with Crippen LogP contribution in [0.3, 0.4) is 0 Å². The standard InChI is InChI=1S/C20H20F4N6O/c1-10(2)15(9-31)27-20-26-14(11-3-5-25-6-4-11)8-16(28-20)29-30-19-17(23)12(21)7-13(22)18(19)24/h3-8,10,15,30-31H,9H2,1-2H3,(H2,26,27,28,29)/t15-/m0/s1. The Labute approximate surface area is 175 Å². The second kappa shape index (κ2) is 9.56. The molecule has 7 nitrogen and oxygen atoms in total. The minimum atomic E-state index is -1.59. The first kappa shape index (κ1) is 22.2. The van der Waals surface area contributed by atoms with Gasteiger partial charge in [-0.2, -0.15) is 4.98 Å². The predicted molar refractivity (Wildman–Crippen MR) is 108 cm³/mol. The molecule has 2 aromatic heterocycles. The Morgan fingerprint density at radius 3 is 2.16 bits per heavy atom. The second-order valence-electron chi connectivity index (χ2n) is 6.97. The van der Waals surface area contributed by atoms with Gasteiger partial charge in [0.25, 0.3) is 0 Å². The van der Waals surface area contributed by atoms with Gasteiger partial charge in [-0.3, -0.25) is 15.8 Å². The molecule has 3 rings (SSSR count). The van der Waals surface area contributed by atoms with E-state index in [9.17, 15) is 22.7 Å². The Hall–Kier alpha value is -3.47. The number of rotatable bonds is 8. The summed E-state index contributed by atoms with van der Waals surface area (Å²) in [5.41, 5.74) is 4.61. The topological polar surface area (TPSA) is 95.0 Å². The molecule has 0 radical (unpaired) electrons. The summed E-state index contributed by atoms with van der Waals surface area (Å²) in [6.45, 7) is 3.61. The van der Waals surface area contributed by atoms with Gasteiger partial charge in [0.05, 0.1) is 18.3 Å². The third-order valence-corrected chi connectivity index (χ3v) is 4.45. The minimum Gasteiger partial charge on any atom is -0.394 e. The summed E-state index contributed by atoms with van der Waals surface area (Å²) in [7, 11) is 0. The number of anilines is 3. The molecule has 0 amide bonds. The number of nitrogens with one attached hydrogen (secondary N) is 3. The minimum absolute atomic E-state index is 0.0474. The molecule has 0 aliphatic rings. The van der Waals surface area contributed by atoms with E-state index < -0.39 is 29.0 Å². The van der Waals surface area contributed by atoms with Gasteiger partial charge in [0, 0.05) is 30.1 Å². The number of aliphatic hydroxyl groups is 1. The van der Waals surface area contributed by atoms with Crippen molar-refractivity contribution in [2.24, 2.45) is 5.92 Å². The number of halogens is 4. The molecular formula is C20H20F4N6O. The molecular weight excluding hydrogens is 416 g/mol. The first-order valence-electron chi connectivity index (χ1n) is 9.32. The highest BCUT2D eigenvalue weighted by Crippen LogP contribution is 2.26. The molecule has 0 fully saturated rings. The Kier molecular flexibility index (Phi) is 6.85. The Morgan fingerprint density at radius 2 is 1.58 bits per heavy atom. The van der Waals surface area contributed by atoms with E-state index in [0.717, 1.165) is 0 Å². The maximum Gasteiger partial charge on any atom is 0.225 e. The number of nitrogens with zero attached hydrogens (tertiary/aromatic N) is 3. The lowest BCUT2D eigenvalue weighted by Crippen LogP contribution is -2.30. The SMILES string of the molecule is CC(C)[C@H](CO)Nc1nc(NNc2c(F)c(F)cc(F)c2F)cc(-c2ccncc2)n1. The average molecular weight is 436 g/mol. The van der Waals surface area contributed by atoms with E-state index in [-0.39, 0.29) is 36.4 Å². The van der Waals surface area contributed by atoms with Crippen LogP contribution in [0.15, 0.2) is 36.7 Å². The van der Waals surface area contributed by atoms with Gasteiger partial charge < -0.3 is 10.4 Å². The van der Waals surface area contributed by atoms with E-state index in [1.807, 2.05) is 13.8 Å². The zero-order valence-corrected chi connectivity index (χ0v) is 16.6. The van der Waals surface area contributed by atoms with Crippen molar-refractivity contribution in [1.29, 1.82) is 0 Å². The molecule has 0 saturated carbocycles. The van der Waals surface area contributed by atoms with Crippen LogP contribution in [-0.2, 0) is 0 Å². The molecule has 164 valence electrons. The van der Waals surface area contributed by atoms with Crippen molar-refractivity contribution < 1.29 is 22.7 Å². The number of hydrogen-bond acceptors (Lipinski definition) is 7. The van der Waals surface area contributed by atoms with Gasteiger partial charge >= 0.3 is 0 Å². The molecule has 1 atom stereocenters. The summed E-state index contributed by atoms with van der Waals surface area (Å²) in [5.74, 6) is -6.05. The zero-order chi connectivity index (χ0) is 22.5. The average Bonchev–Trinajstić information content (AvgIpc) is 2.76. The Bertz CT molecular complexity index is 1030. The molecule has 31 heavy (non-hydrogen) atoms. The Balaban J connectivity index is 1.95. The first-order valence-corrected chi connectivity index (χ1v) is 9.32. The van der Waals surface area contributed by atoms with E-state index in [1.165, 1.54) is 6.07 Å². The fourth-order valence-electron chi connectivity index (χ4n) is 2.64. The van der Waals surface area contributed by atoms with Crippen molar-refractivity contribution >= 4 is 17.5 Å². The van der Waals surface area contributed by atoms with Gasteiger partial charge in [-0.25, -0.2) is 22.5 Å². The van der Waals surface area contributed by atoms with E-state index >= 15 is 0 Å². The lowest BCUT2D eigenvalue weighted by Gasteiger charge is -2.21. The van der Waals surface area contributed by atoms with Crippen LogP contribution in [0.4, 0.5) is 35.0 Å². The van der Waals surface area contributed by atoms with Crippen molar-refractivity contribution in [3.05, 3.63) is 59.9 Å². The number of aromatic nitrogens is 3. The molecule has 3 aromatic rings.